The van der Waals surface area contributed by atoms with Crippen LogP contribution in [-0.2, 0) is 10.3 Å². The molecule has 0 aliphatic carbocycles. The van der Waals surface area contributed by atoms with Crippen LogP contribution in [0.4, 0.5) is 5.82 Å². The van der Waals surface area contributed by atoms with Gasteiger partial charge in [-0.25, -0.2) is 9.97 Å². The number of nitrogens with zero attached hydrogens (tertiary/aromatic N) is 3. The maximum absolute atomic E-state index is 6.14. The van der Waals surface area contributed by atoms with E-state index in [-0.39, 0.29) is 5.60 Å². The molecule has 5 heteroatoms. The largest absolute Gasteiger partial charge is 0.367 e. The molecule has 0 bridgehead atoms. The molecule has 1 aliphatic rings. The van der Waals surface area contributed by atoms with Crippen LogP contribution in [0.3, 0.4) is 0 Å². The number of hydrogen-bond donors (Lipinski definition) is 0. The smallest absolute Gasteiger partial charge is 0.140 e. The highest BCUT2D eigenvalue weighted by Crippen LogP contribution is 2.33. The van der Waals surface area contributed by atoms with Gasteiger partial charge in [0.15, 0.2) is 0 Å². The number of aromatic nitrogens is 2. The third-order valence-electron chi connectivity index (χ3n) is 4.53. The van der Waals surface area contributed by atoms with Gasteiger partial charge in [-0.2, -0.15) is 0 Å². The minimum atomic E-state index is -0.344. The Balaban J connectivity index is 1.74. The molecule has 3 aromatic rings. The van der Waals surface area contributed by atoms with E-state index in [1.807, 2.05) is 18.2 Å². The van der Waals surface area contributed by atoms with Crippen LogP contribution in [0.5, 0.6) is 0 Å². The van der Waals surface area contributed by atoms with Crippen LogP contribution < -0.4 is 4.90 Å². The highest BCUT2D eigenvalue weighted by Gasteiger charge is 2.34. The minimum absolute atomic E-state index is 0.344. The van der Waals surface area contributed by atoms with Gasteiger partial charge >= 0.3 is 0 Å². The quantitative estimate of drug-likeness (QED) is 0.666. The van der Waals surface area contributed by atoms with E-state index in [9.17, 15) is 0 Å². The molecule has 4 rings (SSSR count). The van der Waals surface area contributed by atoms with Gasteiger partial charge in [0.2, 0.25) is 0 Å². The predicted molar refractivity (Wildman–Crippen MR) is 99.2 cm³/mol. The van der Waals surface area contributed by atoms with Crippen molar-refractivity contribution in [2.45, 2.75) is 12.5 Å². The Bertz CT molecular complexity index is 871. The fourth-order valence-electron chi connectivity index (χ4n) is 3.28. The van der Waals surface area contributed by atoms with Crippen LogP contribution in [0.25, 0.3) is 10.9 Å². The molecule has 0 amide bonds. The molecular formula is C19H18BrN3O. The fraction of sp³-hybridized carbons (Fsp3) is 0.263. The van der Waals surface area contributed by atoms with Gasteiger partial charge in [-0.1, -0.05) is 46.3 Å². The first-order valence-corrected chi connectivity index (χ1v) is 8.80. The number of rotatable bonds is 2. The molecule has 1 unspecified atom stereocenters. The van der Waals surface area contributed by atoms with Gasteiger partial charge in [0.25, 0.3) is 0 Å². The first kappa shape index (κ1) is 15.5. The standard InChI is InChI=1S/C19H18BrN3O/c1-19(14-5-3-2-4-6-14)12-23(9-10-24-19)18-16-11-15(20)7-8-17(16)21-13-22-18/h2-8,11,13H,9-10,12H2,1H3. The number of hydrogen-bond acceptors (Lipinski definition) is 4. The Morgan fingerprint density at radius 2 is 1.96 bits per heavy atom. The molecule has 2 heterocycles. The van der Waals surface area contributed by atoms with Crippen molar-refractivity contribution in [1.82, 2.24) is 9.97 Å². The molecule has 0 spiro atoms. The highest BCUT2D eigenvalue weighted by molar-refractivity contribution is 9.10. The maximum Gasteiger partial charge on any atom is 0.140 e. The van der Waals surface area contributed by atoms with Gasteiger partial charge in [0.1, 0.15) is 17.7 Å². The third kappa shape index (κ3) is 2.78. The summed E-state index contributed by atoms with van der Waals surface area (Å²) in [5.74, 6) is 0.965. The molecule has 1 atom stereocenters. The Kier molecular flexibility index (Phi) is 3.98. The van der Waals surface area contributed by atoms with Crippen molar-refractivity contribution in [2.24, 2.45) is 0 Å². The Morgan fingerprint density at radius 1 is 1.12 bits per heavy atom. The van der Waals surface area contributed by atoms with Crippen LogP contribution in [-0.4, -0.2) is 29.7 Å². The van der Waals surface area contributed by atoms with Crippen LogP contribution in [0.2, 0.25) is 0 Å². The summed E-state index contributed by atoms with van der Waals surface area (Å²) in [7, 11) is 0. The van der Waals surface area contributed by atoms with Crippen molar-refractivity contribution in [3.63, 3.8) is 0 Å². The lowest BCUT2D eigenvalue weighted by Gasteiger charge is -2.41. The summed E-state index contributed by atoms with van der Waals surface area (Å²) in [4.78, 5) is 11.3. The van der Waals surface area contributed by atoms with Crippen LogP contribution in [0.1, 0.15) is 12.5 Å². The number of halogens is 1. The summed E-state index contributed by atoms with van der Waals surface area (Å²) in [5.41, 5.74) is 1.80. The first-order valence-electron chi connectivity index (χ1n) is 8.00. The molecular weight excluding hydrogens is 366 g/mol. The van der Waals surface area contributed by atoms with Crippen molar-refractivity contribution in [1.29, 1.82) is 0 Å². The molecule has 4 nitrogen and oxygen atoms in total. The minimum Gasteiger partial charge on any atom is -0.367 e. The van der Waals surface area contributed by atoms with E-state index < -0.39 is 0 Å². The van der Waals surface area contributed by atoms with Crippen molar-refractivity contribution in [2.75, 3.05) is 24.6 Å². The lowest BCUT2D eigenvalue weighted by Crippen LogP contribution is -2.48. The number of morpholine rings is 1. The van der Waals surface area contributed by atoms with Gasteiger partial charge in [-0.3, -0.25) is 0 Å². The van der Waals surface area contributed by atoms with Gasteiger partial charge in [-0.05, 0) is 30.7 Å². The molecule has 0 saturated carbocycles. The topological polar surface area (TPSA) is 38.2 Å². The second kappa shape index (κ2) is 6.15. The molecule has 1 fully saturated rings. The monoisotopic (exact) mass is 383 g/mol. The zero-order valence-corrected chi connectivity index (χ0v) is 15.0. The van der Waals surface area contributed by atoms with Gasteiger partial charge < -0.3 is 9.64 Å². The van der Waals surface area contributed by atoms with E-state index in [1.165, 1.54) is 5.56 Å². The van der Waals surface area contributed by atoms with Gasteiger partial charge in [0.05, 0.1) is 18.7 Å². The predicted octanol–water partition coefficient (Wildman–Crippen LogP) is 4.14. The summed E-state index contributed by atoms with van der Waals surface area (Å²) < 4.78 is 7.18. The molecule has 0 N–H and O–H groups in total. The number of benzene rings is 2. The van der Waals surface area contributed by atoms with Crippen molar-refractivity contribution >= 4 is 32.7 Å². The number of fused-ring (bicyclic) bond motifs is 1. The molecule has 0 radical (unpaired) electrons. The average Bonchev–Trinajstić information content (AvgIpc) is 2.62. The van der Waals surface area contributed by atoms with Crippen LogP contribution in [0, 0.1) is 0 Å². The lowest BCUT2D eigenvalue weighted by molar-refractivity contribution is -0.0467. The SMILES string of the molecule is CC1(c2ccccc2)CN(c2ncnc3ccc(Br)cc23)CCO1. The molecule has 1 aliphatic heterocycles. The summed E-state index contributed by atoms with van der Waals surface area (Å²) >= 11 is 3.55. The molecule has 2 aromatic carbocycles. The number of anilines is 1. The Labute approximate surface area is 149 Å². The summed E-state index contributed by atoms with van der Waals surface area (Å²) in [6.07, 6.45) is 1.64. The van der Waals surface area contributed by atoms with Crippen molar-refractivity contribution < 1.29 is 4.74 Å². The zero-order chi connectivity index (χ0) is 16.6. The Morgan fingerprint density at radius 3 is 2.79 bits per heavy atom. The fourth-order valence-corrected chi connectivity index (χ4v) is 3.64. The summed E-state index contributed by atoms with van der Waals surface area (Å²) in [6.45, 7) is 4.40. The summed E-state index contributed by atoms with van der Waals surface area (Å²) in [5, 5.41) is 1.06. The first-order chi connectivity index (χ1) is 11.7. The van der Waals surface area contributed by atoms with Crippen LogP contribution >= 0.6 is 15.9 Å². The van der Waals surface area contributed by atoms with Crippen LogP contribution in [0.15, 0.2) is 59.3 Å². The molecule has 122 valence electrons. The average molecular weight is 384 g/mol. The molecule has 1 saturated heterocycles. The van der Waals surface area contributed by atoms with Crippen molar-refractivity contribution in [3.05, 3.63) is 64.9 Å². The van der Waals surface area contributed by atoms with Crippen molar-refractivity contribution in [3.8, 4) is 0 Å². The van der Waals surface area contributed by atoms with E-state index >= 15 is 0 Å². The van der Waals surface area contributed by atoms with Gasteiger partial charge in [0, 0.05) is 16.4 Å². The molecule has 24 heavy (non-hydrogen) atoms. The molecule has 1 aromatic heterocycles. The normalized spacial score (nSPS) is 21.2. The number of ether oxygens (including phenoxy) is 1. The Hall–Kier alpha value is -1.98. The van der Waals surface area contributed by atoms with E-state index in [0.29, 0.717) is 6.61 Å². The van der Waals surface area contributed by atoms with E-state index in [4.69, 9.17) is 4.74 Å². The lowest BCUT2D eigenvalue weighted by atomic mass is 9.93. The summed E-state index contributed by atoms with van der Waals surface area (Å²) in [6, 6.07) is 16.5. The second-order valence-electron chi connectivity index (χ2n) is 6.23. The highest BCUT2D eigenvalue weighted by atomic mass is 79.9. The second-order valence-corrected chi connectivity index (χ2v) is 7.14. The van der Waals surface area contributed by atoms with E-state index in [1.54, 1.807) is 6.33 Å². The van der Waals surface area contributed by atoms with E-state index in [0.717, 1.165) is 34.3 Å². The van der Waals surface area contributed by atoms with E-state index in [2.05, 4.69) is 68.1 Å². The third-order valence-corrected chi connectivity index (χ3v) is 5.03. The van der Waals surface area contributed by atoms with Gasteiger partial charge in [-0.15, -0.1) is 0 Å². The maximum atomic E-state index is 6.14. The zero-order valence-electron chi connectivity index (χ0n) is 13.4.